The number of ether oxygens (including phenoxy) is 1. The van der Waals surface area contributed by atoms with E-state index in [-0.39, 0.29) is 11.0 Å². The smallest absolute Gasteiger partial charge is 0.244 e. The predicted octanol–water partition coefficient (Wildman–Crippen LogP) is 1.77. The molecule has 1 aromatic rings. The molecule has 6 heteroatoms. The van der Waals surface area contributed by atoms with Gasteiger partial charge >= 0.3 is 0 Å². The molecule has 1 aromatic carbocycles. The zero-order valence-electron chi connectivity index (χ0n) is 12.0. The molecule has 0 aliphatic carbocycles. The fourth-order valence-electron chi connectivity index (χ4n) is 2.41. The SMILES string of the molecule is Cc1ccc(S(=O)(=O)N(C)CC2CCCCO2)c(N)c1. The van der Waals surface area contributed by atoms with E-state index in [2.05, 4.69) is 0 Å². The Morgan fingerprint density at radius 2 is 2.15 bits per heavy atom. The van der Waals surface area contributed by atoms with Gasteiger partial charge in [0.2, 0.25) is 10.0 Å². The summed E-state index contributed by atoms with van der Waals surface area (Å²) in [7, 11) is -1.98. The number of hydrogen-bond acceptors (Lipinski definition) is 4. The molecule has 5 nitrogen and oxygen atoms in total. The van der Waals surface area contributed by atoms with Crippen LogP contribution >= 0.6 is 0 Å². The number of benzene rings is 1. The van der Waals surface area contributed by atoms with Crippen molar-refractivity contribution in [1.82, 2.24) is 4.31 Å². The van der Waals surface area contributed by atoms with Crippen molar-refractivity contribution >= 4 is 15.7 Å². The Morgan fingerprint density at radius 1 is 1.40 bits per heavy atom. The van der Waals surface area contributed by atoms with Crippen LogP contribution in [0.15, 0.2) is 23.1 Å². The topological polar surface area (TPSA) is 72.6 Å². The number of rotatable bonds is 4. The molecule has 1 aliphatic rings. The maximum atomic E-state index is 12.5. The van der Waals surface area contributed by atoms with Crippen molar-refractivity contribution in [2.75, 3.05) is 25.9 Å². The van der Waals surface area contributed by atoms with Gasteiger partial charge in [-0.05, 0) is 43.9 Å². The molecule has 2 N–H and O–H groups in total. The molecule has 20 heavy (non-hydrogen) atoms. The molecule has 1 atom stereocenters. The first-order chi connectivity index (χ1) is 9.41. The Balaban J connectivity index is 2.16. The molecule has 1 heterocycles. The summed E-state index contributed by atoms with van der Waals surface area (Å²) in [6, 6.07) is 5.00. The highest BCUT2D eigenvalue weighted by Gasteiger charge is 2.26. The Labute approximate surface area is 120 Å². The summed E-state index contributed by atoms with van der Waals surface area (Å²) >= 11 is 0. The first kappa shape index (κ1) is 15.3. The van der Waals surface area contributed by atoms with E-state index in [0.29, 0.717) is 18.8 Å². The van der Waals surface area contributed by atoms with Crippen LogP contribution in [0.1, 0.15) is 24.8 Å². The molecule has 112 valence electrons. The lowest BCUT2D eigenvalue weighted by molar-refractivity contribution is 0.00859. The summed E-state index contributed by atoms with van der Waals surface area (Å²) in [4.78, 5) is 0.168. The van der Waals surface area contributed by atoms with Crippen molar-refractivity contribution in [2.24, 2.45) is 0 Å². The molecule has 0 bridgehead atoms. The maximum absolute atomic E-state index is 12.5. The van der Waals surface area contributed by atoms with Crippen LogP contribution in [0.2, 0.25) is 0 Å². The fourth-order valence-corrected chi connectivity index (χ4v) is 3.70. The number of nitrogens with zero attached hydrogens (tertiary/aromatic N) is 1. The van der Waals surface area contributed by atoms with Crippen LogP contribution in [-0.4, -0.2) is 39.0 Å². The second kappa shape index (κ2) is 6.11. The summed E-state index contributed by atoms with van der Waals surface area (Å²) in [5.74, 6) is 0. The van der Waals surface area contributed by atoms with Crippen LogP contribution in [0.5, 0.6) is 0 Å². The van der Waals surface area contributed by atoms with Crippen LogP contribution in [-0.2, 0) is 14.8 Å². The molecule has 0 aromatic heterocycles. The molecule has 1 saturated heterocycles. The maximum Gasteiger partial charge on any atom is 0.244 e. The average molecular weight is 298 g/mol. The third-order valence-corrected chi connectivity index (χ3v) is 5.49. The monoisotopic (exact) mass is 298 g/mol. The van der Waals surface area contributed by atoms with E-state index < -0.39 is 10.0 Å². The highest BCUT2D eigenvalue weighted by Crippen LogP contribution is 2.24. The molecule has 0 saturated carbocycles. The molecule has 1 fully saturated rings. The lowest BCUT2D eigenvalue weighted by Crippen LogP contribution is -2.37. The van der Waals surface area contributed by atoms with Crippen LogP contribution in [0.3, 0.4) is 0 Å². The van der Waals surface area contributed by atoms with E-state index in [9.17, 15) is 8.42 Å². The number of nitrogen functional groups attached to an aromatic ring is 1. The number of anilines is 1. The van der Waals surface area contributed by atoms with Gasteiger partial charge in [0.05, 0.1) is 11.8 Å². The number of sulfonamides is 1. The second-order valence-electron chi connectivity index (χ2n) is 5.32. The molecule has 0 radical (unpaired) electrons. The van der Waals surface area contributed by atoms with Gasteiger partial charge < -0.3 is 10.5 Å². The highest BCUT2D eigenvalue weighted by atomic mass is 32.2. The van der Waals surface area contributed by atoms with Gasteiger partial charge in [0.25, 0.3) is 0 Å². The van der Waals surface area contributed by atoms with E-state index in [4.69, 9.17) is 10.5 Å². The van der Waals surface area contributed by atoms with E-state index in [1.54, 1.807) is 25.2 Å². The molecule has 2 rings (SSSR count). The summed E-state index contributed by atoms with van der Waals surface area (Å²) in [5.41, 5.74) is 7.08. The third kappa shape index (κ3) is 3.31. The number of hydrogen-bond donors (Lipinski definition) is 1. The summed E-state index contributed by atoms with van der Waals surface area (Å²) in [5, 5.41) is 0. The van der Waals surface area contributed by atoms with Gasteiger partial charge in [-0.15, -0.1) is 0 Å². The van der Waals surface area contributed by atoms with Crippen LogP contribution < -0.4 is 5.73 Å². The van der Waals surface area contributed by atoms with Gasteiger partial charge in [0.1, 0.15) is 4.90 Å². The van der Waals surface area contributed by atoms with Crippen molar-refractivity contribution in [3.05, 3.63) is 23.8 Å². The van der Waals surface area contributed by atoms with Crippen molar-refractivity contribution in [1.29, 1.82) is 0 Å². The van der Waals surface area contributed by atoms with Gasteiger partial charge in [-0.1, -0.05) is 6.07 Å². The first-order valence-corrected chi connectivity index (χ1v) is 8.29. The fraction of sp³-hybridized carbons (Fsp3) is 0.571. The highest BCUT2D eigenvalue weighted by molar-refractivity contribution is 7.89. The van der Waals surface area contributed by atoms with E-state index >= 15 is 0 Å². The normalized spacial score (nSPS) is 20.2. The zero-order valence-corrected chi connectivity index (χ0v) is 12.8. The van der Waals surface area contributed by atoms with Crippen molar-refractivity contribution in [3.63, 3.8) is 0 Å². The van der Waals surface area contributed by atoms with Gasteiger partial charge in [-0.25, -0.2) is 8.42 Å². The quantitative estimate of drug-likeness (QED) is 0.860. The van der Waals surface area contributed by atoms with Crippen LogP contribution in [0.25, 0.3) is 0 Å². The summed E-state index contributed by atoms with van der Waals surface area (Å²) in [6.07, 6.45) is 3.03. The lowest BCUT2D eigenvalue weighted by Gasteiger charge is -2.27. The minimum Gasteiger partial charge on any atom is -0.398 e. The standard InChI is InChI=1S/C14H22N2O3S/c1-11-6-7-14(13(15)9-11)20(17,18)16(2)10-12-5-3-4-8-19-12/h6-7,9,12H,3-5,8,10,15H2,1-2H3. The van der Waals surface area contributed by atoms with E-state index in [1.165, 1.54) is 4.31 Å². The van der Waals surface area contributed by atoms with Gasteiger partial charge in [-0.2, -0.15) is 4.31 Å². The Kier molecular flexibility index (Phi) is 4.67. The Bertz CT molecular complexity index is 566. The molecule has 1 unspecified atom stereocenters. The van der Waals surface area contributed by atoms with E-state index in [0.717, 1.165) is 24.8 Å². The Hall–Kier alpha value is -1.11. The molecule has 0 spiro atoms. The van der Waals surface area contributed by atoms with E-state index in [1.807, 2.05) is 6.92 Å². The first-order valence-electron chi connectivity index (χ1n) is 6.85. The lowest BCUT2D eigenvalue weighted by atomic mass is 10.1. The number of likely N-dealkylation sites (N-methyl/N-ethyl adjacent to an activating group) is 1. The summed E-state index contributed by atoms with van der Waals surface area (Å²) in [6.45, 7) is 2.97. The minimum atomic E-state index is -3.56. The zero-order chi connectivity index (χ0) is 14.8. The minimum absolute atomic E-state index is 0.0183. The molecule has 1 aliphatic heterocycles. The number of aryl methyl sites for hydroxylation is 1. The van der Waals surface area contributed by atoms with Crippen molar-refractivity contribution in [2.45, 2.75) is 37.2 Å². The average Bonchev–Trinajstić information content (AvgIpc) is 2.39. The van der Waals surface area contributed by atoms with Crippen LogP contribution in [0, 0.1) is 6.92 Å². The molecular weight excluding hydrogens is 276 g/mol. The van der Waals surface area contributed by atoms with Crippen LogP contribution in [0.4, 0.5) is 5.69 Å². The van der Waals surface area contributed by atoms with Gasteiger partial charge in [-0.3, -0.25) is 0 Å². The Morgan fingerprint density at radius 3 is 2.75 bits per heavy atom. The number of nitrogens with two attached hydrogens (primary N) is 1. The van der Waals surface area contributed by atoms with Gasteiger partial charge in [0, 0.05) is 20.2 Å². The van der Waals surface area contributed by atoms with Crippen molar-refractivity contribution in [3.8, 4) is 0 Å². The second-order valence-corrected chi connectivity index (χ2v) is 7.33. The van der Waals surface area contributed by atoms with Gasteiger partial charge in [0.15, 0.2) is 0 Å². The summed E-state index contributed by atoms with van der Waals surface area (Å²) < 4.78 is 32.0. The predicted molar refractivity (Wildman–Crippen MR) is 79.0 cm³/mol. The largest absolute Gasteiger partial charge is 0.398 e. The third-order valence-electron chi connectivity index (χ3n) is 3.59. The molecule has 0 amide bonds. The van der Waals surface area contributed by atoms with Crippen molar-refractivity contribution < 1.29 is 13.2 Å². The molecular formula is C14H22N2O3S.